The minimum absolute atomic E-state index is 0.00688. The van der Waals surface area contributed by atoms with Gasteiger partial charge in [0.1, 0.15) is 5.82 Å². The fraction of sp³-hybridized carbons (Fsp3) is 0.364. The van der Waals surface area contributed by atoms with Crippen LogP contribution in [0.2, 0.25) is 0 Å². The zero-order chi connectivity index (χ0) is 22.5. The van der Waals surface area contributed by atoms with E-state index >= 15 is 0 Å². The van der Waals surface area contributed by atoms with Crippen LogP contribution in [0, 0.1) is 5.82 Å². The van der Waals surface area contributed by atoms with Crippen molar-refractivity contribution in [2.75, 3.05) is 39.3 Å². The van der Waals surface area contributed by atoms with Crippen molar-refractivity contribution in [1.29, 1.82) is 0 Å². The molecule has 0 saturated carbocycles. The number of likely N-dealkylation sites (N-methyl/N-ethyl adjacent to an activating group) is 1. The van der Waals surface area contributed by atoms with Crippen LogP contribution in [0.15, 0.2) is 41.8 Å². The molecule has 1 fully saturated rings. The average molecular weight is 457 g/mol. The number of hydrogen-bond donors (Lipinski definition) is 1. The molecule has 32 heavy (non-hydrogen) atoms. The zero-order valence-corrected chi connectivity index (χ0v) is 18.6. The minimum atomic E-state index is -0.343. The van der Waals surface area contributed by atoms with E-state index < -0.39 is 0 Å². The third kappa shape index (κ3) is 5.03. The molecule has 1 aromatic carbocycles. The molecule has 2 amide bonds. The van der Waals surface area contributed by atoms with Gasteiger partial charge in [0.15, 0.2) is 5.82 Å². The topological polar surface area (TPSA) is 83.4 Å². The Labute approximate surface area is 189 Å². The summed E-state index contributed by atoms with van der Waals surface area (Å²) in [5.41, 5.74) is 0.630. The smallest absolute Gasteiger partial charge is 0.293 e. The van der Waals surface area contributed by atoms with Crippen LogP contribution in [0.25, 0.3) is 16.4 Å². The van der Waals surface area contributed by atoms with Crippen LogP contribution in [0.5, 0.6) is 0 Å². The molecular weight excluding hydrogens is 431 g/mol. The number of hydrogen-bond acceptors (Lipinski definition) is 6. The molecule has 0 atom stereocenters. The van der Waals surface area contributed by atoms with Crippen molar-refractivity contribution in [2.24, 2.45) is 0 Å². The molecule has 1 saturated heterocycles. The average Bonchev–Trinajstić information content (AvgIpc) is 3.41. The zero-order valence-electron chi connectivity index (χ0n) is 17.8. The van der Waals surface area contributed by atoms with E-state index in [1.54, 1.807) is 21.7 Å². The van der Waals surface area contributed by atoms with Crippen molar-refractivity contribution in [3.05, 3.63) is 53.4 Å². The Morgan fingerprint density at radius 1 is 1.12 bits per heavy atom. The maximum absolute atomic E-state index is 13.4. The molecule has 0 aliphatic carbocycles. The highest BCUT2D eigenvalue weighted by atomic mass is 32.1. The van der Waals surface area contributed by atoms with Crippen LogP contribution < -0.4 is 5.32 Å². The highest BCUT2D eigenvalue weighted by molar-refractivity contribution is 7.13. The number of carbonyl (C=O) groups is 2. The van der Waals surface area contributed by atoms with E-state index in [1.807, 2.05) is 24.4 Å². The Morgan fingerprint density at radius 3 is 2.66 bits per heavy atom. The highest BCUT2D eigenvalue weighted by Crippen LogP contribution is 2.26. The molecule has 0 spiro atoms. The van der Waals surface area contributed by atoms with Crippen molar-refractivity contribution >= 4 is 23.2 Å². The number of nitrogens with zero attached hydrogens (tertiary/aromatic N) is 5. The molecule has 0 bridgehead atoms. The highest BCUT2D eigenvalue weighted by Gasteiger charge is 2.26. The summed E-state index contributed by atoms with van der Waals surface area (Å²) < 4.78 is 15.0. The van der Waals surface area contributed by atoms with Gasteiger partial charge >= 0.3 is 0 Å². The first-order valence-electron chi connectivity index (χ1n) is 10.6. The Bertz CT molecular complexity index is 1070. The Morgan fingerprint density at radius 2 is 1.94 bits per heavy atom. The Hall–Kier alpha value is -3.11. The number of aromatic nitrogens is 3. The number of carbonyl (C=O) groups excluding carboxylic acids is 2. The number of nitrogens with one attached hydrogen (secondary N) is 1. The lowest BCUT2D eigenvalue weighted by molar-refractivity contribution is -0.122. The Balaban J connectivity index is 1.54. The second kappa shape index (κ2) is 10.0. The SMILES string of the molecule is CCNC(=O)CN1CCCN(C(=O)c2nc(-c3cccs3)n(-c3ccc(F)cc3)n2)CC1. The predicted octanol–water partition coefficient (Wildman–Crippen LogP) is 2.42. The van der Waals surface area contributed by atoms with E-state index in [0.29, 0.717) is 44.2 Å². The number of thiophene rings is 1. The second-order valence-electron chi connectivity index (χ2n) is 7.50. The van der Waals surface area contributed by atoms with Gasteiger partial charge in [-0.15, -0.1) is 16.4 Å². The third-order valence-electron chi connectivity index (χ3n) is 5.23. The van der Waals surface area contributed by atoms with Crippen LogP contribution in [0.3, 0.4) is 0 Å². The normalized spacial score (nSPS) is 14.9. The van der Waals surface area contributed by atoms with E-state index in [4.69, 9.17) is 0 Å². The van der Waals surface area contributed by atoms with Crippen molar-refractivity contribution < 1.29 is 14.0 Å². The summed E-state index contributed by atoms with van der Waals surface area (Å²) in [5, 5.41) is 9.22. The maximum Gasteiger partial charge on any atom is 0.293 e. The number of benzene rings is 1. The predicted molar refractivity (Wildman–Crippen MR) is 120 cm³/mol. The summed E-state index contributed by atoms with van der Waals surface area (Å²) in [4.78, 5) is 34.3. The van der Waals surface area contributed by atoms with Crippen LogP contribution in [-0.2, 0) is 4.79 Å². The largest absolute Gasteiger partial charge is 0.355 e. The second-order valence-corrected chi connectivity index (χ2v) is 8.45. The van der Waals surface area contributed by atoms with E-state index in [9.17, 15) is 14.0 Å². The molecule has 0 radical (unpaired) electrons. The molecule has 1 aliphatic rings. The van der Waals surface area contributed by atoms with E-state index in [-0.39, 0.29) is 23.5 Å². The number of amides is 2. The van der Waals surface area contributed by atoms with Gasteiger partial charge in [0.25, 0.3) is 5.91 Å². The summed E-state index contributed by atoms with van der Waals surface area (Å²) in [6, 6.07) is 9.75. The molecule has 8 nitrogen and oxygen atoms in total. The Kier molecular flexibility index (Phi) is 6.91. The molecule has 10 heteroatoms. The van der Waals surface area contributed by atoms with Gasteiger partial charge in [-0.25, -0.2) is 14.1 Å². The van der Waals surface area contributed by atoms with Crippen molar-refractivity contribution in [1.82, 2.24) is 29.9 Å². The number of rotatable bonds is 6. The van der Waals surface area contributed by atoms with Gasteiger partial charge in [-0.2, -0.15) is 0 Å². The van der Waals surface area contributed by atoms with E-state index in [0.717, 1.165) is 17.8 Å². The molecular formula is C22H25FN6O2S. The van der Waals surface area contributed by atoms with Crippen molar-refractivity contribution in [3.8, 4) is 16.4 Å². The lowest BCUT2D eigenvalue weighted by Gasteiger charge is -2.20. The summed E-state index contributed by atoms with van der Waals surface area (Å²) in [6.45, 7) is 5.26. The van der Waals surface area contributed by atoms with Gasteiger partial charge in [0.2, 0.25) is 11.7 Å². The van der Waals surface area contributed by atoms with Gasteiger partial charge in [-0.1, -0.05) is 6.07 Å². The maximum atomic E-state index is 13.4. The molecule has 3 heterocycles. The standard InChI is InChI=1S/C22H25FN6O2S/c1-2-24-19(30)15-27-10-4-11-28(13-12-27)22(31)20-25-21(18-5-3-14-32-18)29(26-20)17-8-6-16(23)7-9-17/h3,5-9,14H,2,4,10-13,15H2,1H3,(H,24,30). The van der Waals surface area contributed by atoms with Gasteiger partial charge in [0.05, 0.1) is 17.1 Å². The van der Waals surface area contributed by atoms with Gasteiger partial charge in [-0.05, 0) is 49.1 Å². The van der Waals surface area contributed by atoms with Gasteiger partial charge in [0, 0.05) is 32.7 Å². The third-order valence-corrected chi connectivity index (χ3v) is 6.09. The van der Waals surface area contributed by atoms with Crippen molar-refractivity contribution in [2.45, 2.75) is 13.3 Å². The quantitative estimate of drug-likeness (QED) is 0.616. The lowest BCUT2D eigenvalue weighted by Crippen LogP contribution is -2.40. The summed E-state index contributed by atoms with van der Waals surface area (Å²) in [5.74, 6) is 0.0539. The van der Waals surface area contributed by atoms with Crippen LogP contribution >= 0.6 is 11.3 Å². The fourth-order valence-corrected chi connectivity index (χ4v) is 4.36. The van der Waals surface area contributed by atoms with Gasteiger partial charge in [-0.3, -0.25) is 14.5 Å². The number of halogens is 1. The lowest BCUT2D eigenvalue weighted by atomic mass is 10.3. The summed E-state index contributed by atoms with van der Waals surface area (Å²) in [6.07, 6.45) is 0.765. The van der Waals surface area contributed by atoms with Gasteiger partial charge < -0.3 is 10.2 Å². The summed E-state index contributed by atoms with van der Waals surface area (Å²) >= 11 is 1.50. The summed E-state index contributed by atoms with van der Waals surface area (Å²) in [7, 11) is 0. The van der Waals surface area contributed by atoms with Crippen LogP contribution in [0.4, 0.5) is 4.39 Å². The molecule has 0 unspecified atom stereocenters. The molecule has 1 aliphatic heterocycles. The van der Waals surface area contributed by atoms with Crippen LogP contribution in [0.1, 0.15) is 24.0 Å². The van der Waals surface area contributed by atoms with Crippen molar-refractivity contribution in [3.63, 3.8) is 0 Å². The molecule has 3 aromatic rings. The first kappa shape index (κ1) is 22.1. The molecule has 1 N–H and O–H groups in total. The minimum Gasteiger partial charge on any atom is -0.355 e. The molecule has 2 aromatic heterocycles. The van der Waals surface area contributed by atoms with Crippen LogP contribution in [-0.4, -0.2) is 75.6 Å². The molecule has 168 valence electrons. The van der Waals surface area contributed by atoms with E-state index in [1.165, 1.54) is 23.5 Å². The molecule has 4 rings (SSSR count). The van der Waals surface area contributed by atoms with E-state index in [2.05, 4.69) is 20.3 Å². The monoisotopic (exact) mass is 456 g/mol. The first-order valence-corrected chi connectivity index (χ1v) is 11.5. The first-order chi connectivity index (χ1) is 15.5. The fourth-order valence-electron chi connectivity index (χ4n) is 3.66.